The molecule has 0 aliphatic carbocycles. The van der Waals surface area contributed by atoms with Gasteiger partial charge in [-0.15, -0.1) is 0 Å². The Labute approximate surface area is 208 Å². The molecule has 172 valence electrons. The molecule has 7 rings (SSSR count). The number of benzene rings is 5. The maximum Gasteiger partial charge on any atom is 0.295 e. The van der Waals surface area contributed by atoms with E-state index >= 15 is 0 Å². The average Bonchev–Trinajstić information content (AvgIpc) is 3.51. The van der Waals surface area contributed by atoms with Gasteiger partial charge in [0, 0.05) is 5.39 Å². The Bertz CT molecular complexity index is 1910. The van der Waals surface area contributed by atoms with Gasteiger partial charge in [0.2, 0.25) is 0 Å². The summed E-state index contributed by atoms with van der Waals surface area (Å²) in [5.74, 6) is 1.15. The number of rotatable bonds is 3. The van der Waals surface area contributed by atoms with Crippen LogP contribution in [0.1, 0.15) is 5.56 Å². The quantitative estimate of drug-likeness (QED) is 0.254. The first-order chi connectivity index (χ1) is 17.7. The smallest absolute Gasteiger partial charge is 0.295 e. The van der Waals surface area contributed by atoms with Crippen LogP contribution in [0.25, 0.3) is 61.1 Å². The Hall–Kier alpha value is -4.70. The Balaban J connectivity index is 1.56. The number of nitrogens with zero attached hydrogens (tertiary/aromatic N) is 3. The molecular formula is C32H24N3O+. The third-order valence-electron chi connectivity index (χ3n) is 7.15. The fraction of sp³-hybridized carbons (Fsp3) is 0.0625. The Morgan fingerprint density at radius 1 is 0.778 bits per heavy atom. The van der Waals surface area contributed by atoms with Gasteiger partial charge in [-0.25, -0.2) is 9.55 Å². The van der Waals surface area contributed by atoms with Gasteiger partial charge in [0.25, 0.3) is 5.82 Å². The van der Waals surface area contributed by atoms with Crippen molar-refractivity contribution < 1.29 is 8.98 Å². The summed E-state index contributed by atoms with van der Waals surface area (Å²) >= 11 is 0. The molecule has 0 N–H and O–H groups in total. The van der Waals surface area contributed by atoms with Crippen LogP contribution in [0.15, 0.2) is 114 Å². The number of aromatic nitrogens is 3. The fourth-order valence-electron chi connectivity index (χ4n) is 5.33. The van der Waals surface area contributed by atoms with E-state index in [2.05, 4.69) is 125 Å². The highest BCUT2D eigenvalue weighted by atomic mass is 16.3. The lowest BCUT2D eigenvalue weighted by atomic mass is 9.99. The molecule has 4 nitrogen and oxygen atoms in total. The lowest BCUT2D eigenvalue weighted by Gasteiger charge is -2.10. The Morgan fingerprint density at radius 3 is 2.44 bits per heavy atom. The van der Waals surface area contributed by atoms with E-state index in [1.54, 1.807) is 0 Å². The second-order valence-electron chi connectivity index (χ2n) is 9.27. The van der Waals surface area contributed by atoms with E-state index in [4.69, 9.17) is 4.42 Å². The van der Waals surface area contributed by atoms with Crippen LogP contribution in [0.4, 0.5) is 0 Å². The lowest BCUT2D eigenvalue weighted by molar-refractivity contribution is -0.633. The molecule has 0 unspecified atom stereocenters. The molecule has 0 bridgehead atoms. The molecule has 4 heteroatoms. The van der Waals surface area contributed by atoms with E-state index in [-0.39, 0.29) is 0 Å². The minimum atomic E-state index is 0.796. The number of aryl methyl sites for hydroxylation is 2. The molecule has 2 heterocycles. The summed E-state index contributed by atoms with van der Waals surface area (Å²) in [5.41, 5.74) is 9.88. The maximum absolute atomic E-state index is 5.58. The van der Waals surface area contributed by atoms with Gasteiger partial charge in [-0.2, -0.15) is 4.57 Å². The number of hydrogen-bond donors (Lipinski definition) is 0. The van der Waals surface area contributed by atoms with Crippen LogP contribution in [-0.2, 0) is 7.05 Å². The van der Waals surface area contributed by atoms with Gasteiger partial charge in [0.05, 0.1) is 12.6 Å². The molecule has 7 aromatic rings. The summed E-state index contributed by atoms with van der Waals surface area (Å²) in [6.07, 6.45) is 1.50. The van der Waals surface area contributed by atoms with Crippen molar-refractivity contribution in [3.8, 4) is 28.2 Å². The zero-order valence-corrected chi connectivity index (χ0v) is 20.1. The second-order valence-corrected chi connectivity index (χ2v) is 9.27. The summed E-state index contributed by atoms with van der Waals surface area (Å²) in [6, 6.07) is 36.6. The first kappa shape index (κ1) is 20.7. The lowest BCUT2D eigenvalue weighted by Crippen LogP contribution is -2.30. The van der Waals surface area contributed by atoms with E-state index in [0.29, 0.717) is 0 Å². The summed E-state index contributed by atoms with van der Waals surface area (Å²) in [4.78, 5) is 4.27. The van der Waals surface area contributed by atoms with Gasteiger partial charge in [0.15, 0.2) is 23.0 Å². The fourth-order valence-corrected chi connectivity index (χ4v) is 5.33. The van der Waals surface area contributed by atoms with Gasteiger partial charge in [-0.3, -0.25) is 0 Å². The van der Waals surface area contributed by atoms with Crippen molar-refractivity contribution in [3.63, 3.8) is 0 Å². The molecule has 5 aromatic carbocycles. The first-order valence-electron chi connectivity index (χ1n) is 12.1. The molecule has 0 fully saturated rings. The van der Waals surface area contributed by atoms with E-state index in [0.717, 1.165) is 33.7 Å². The van der Waals surface area contributed by atoms with Gasteiger partial charge in [0.1, 0.15) is 11.2 Å². The van der Waals surface area contributed by atoms with Crippen LogP contribution in [0.2, 0.25) is 0 Å². The van der Waals surface area contributed by atoms with Crippen LogP contribution in [0.3, 0.4) is 0 Å². The molecule has 2 aromatic heterocycles. The number of hydrogen-bond acceptors (Lipinski definition) is 2. The van der Waals surface area contributed by atoms with Crippen LogP contribution in [0.5, 0.6) is 0 Å². The number of para-hydroxylation sites is 1. The maximum atomic E-state index is 5.58. The third-order valence-corrected chi connectivity index (χ3v) is 7.15. The van der Waals surface area contributed by atoms with Crippen molar-refractivity contribution in [2.45, 2.75) is 6.92 Å². The molecule has 0 amide bonds. The predicted octanol–water partition coefficient (Wildman–Crippen LogP) is 7.39. The van der Waals surface area contributed by atoms with Crippen molar-refractivity contribution in [1.29, 1.82) is 0 Å². The van der Waals surface area contributed by atoms with Crippen molar-refractivity contribution in [1.82, 2.24) is 9.55 Å². The molecule has 0 radical (unpaired) electrons. The van der Waals surface area contributed by atoms with E-state index in [1.165, 1.54) is 39.3 Å². The Kier molecular flexibility index (Phi) is 4.55. The molecule has 0 aliphatic rings. The van der Waals surface area contributed by atoms with Crippen LogP contribution in [0, 0.1) is 6.92 Å². The zero-order valence-electron chi connectivity index (χ0n) is 20.1. The standard InChI is InChI=1S/C32H24N3O/c1-21-12-13-23(24-14-16-28-30(19-24)36-20-33-28)18-27(21)32-34(2)29-17-15-22-8-6-7-11-26(22)31(29)35(32)25-9-4-3-5-10-25/h3-20H,1-2H3/q+1. The molecule has 0 atom stereocenters. The first-order valence-corrected chi connectivity index (χ1v) is 12.1. The highest BCUT2D eigenvalue weighted by Gasteiger charge is 2.28. The number of imidazole rings is 1. The van der Waals surface area contributed by atoms with Crippen LogP contribution >= 0.6 is 0 Å². The molecule has 0 aliphatic heterocycles. The van der Waals surface area contributed by atoms with Crippen LogP contribution in [-0.4, -0.2) is 9.55 Å². The van der Waals surface area contributed by atoms with E-state index in [9.17, 15) is 0 Å². The summed E-state index contributed by atoms with van der Waals surface area (Å²) in [6.45, 7) is 2.18. The van der Waals surface area contributed by atoms with Crippen LogP contribution < -0.4 is 4.57 Å². The largest absolute Gasteiger partial charge is 0.443 e. The third kappa shape index (κ3) is 3.08. The summed E-state index contributed by atoms with van der Waals surface area (Å²) < 4.78 is 10.3. The minimum absolute atomic E-state index is 0.796. The molecule has 36 heavy (non-hydrogen) atoms. The average molecular weight is 467 g/mol. The SMILES string of the molecule is Cc1ccc(-c2ccc3ncoc3c2)cc1-c1n(-c2ccccc2)c2c3ccccc3ccc2[n+]1C. The molecule has 0 spiro atoms. The minimum Gasteiger partial charge on any atom is -0.443 e. The normalized spacial score (nSPS) is 11.6. The predicted molar refractivity (Wildman–Crippen MR) is 145 cm³/mol. The van der Waals surface area contributed by atoms with Crippen molar-refractivity contribution >= 4 is 32.9 Å². The highest BCUT2D eigenvalue weighted by molar-refractivity contribution is 6.05. The number of oxazole rings is 1. The van der Waals surface area contributed by atoms with Crippen molar-refractivity contribution in [3.05, 3.63) is 115 Å². The van der Waals surface area contributed by atoms with Gasteiger partial charge < -0.3 is 4.42 Å². The molecule has 0 saturated carbocycles. The number of fused-ring (bicyclic) bond motifs is 4. The zero-order chi connectivity index (χ0) is 24.2. The van der Waals surface area contributed by atoms with E-state index in [1.807, 2.05) is 6.07 Å². The van der Waals surface area contributed by atoms with Crippen molar-refractivity contribution in [2.24, 2.45) is 7.05 Å². The van der Waals surface area contributed by atoms with Gasteiger partial charge in [-0.05, 0) is 77.5 Å². The monoisotopic (exact) mass is 466 g/mol. The Morgan fingerprint density at radius 2 is 1.56 bits per heavy atom. The molecular weight excluding hydrogens is 442 g/mol. The second kappa shape index (κ2) is 7.92. The van der Waals surface area contributed by atoms with E-state index < -0.39 is 0 Å². The highest BCUT2D eigenvalue weighted by Crippen LogP contribution is 2.35. The van der Waals surface area contributed by atoms with Gasteiger partial charge in [-0.1, -0.05) is 54.6 Å². The van der Waals surface area contributed by atoms with Gasteiger partial charge >= 0.3 is 0 Å². The summed E-state index contributed by atoms with van der Waals surface area (Å²) in [5, 5.41) is 2.47. The molecule has 0 saturated heterocycles. The van der Waals surface area contributed by atoms with Crippen molar-refractivity contribution in [2.75, 3.05) is 0 Å². The summed E-state index contributed by atoms with van der Waals surface area (Å²) in [7, 11) is 2.17. The topological polar surface area (TPSA) is 34.8 Å².